The monoisotopic (exact) mass is 330 g/mol. The van der Waals surface area contributed by atoms with Crippen LogP contribution >= 0.6 is 12.4 Å². The number of amides is 1. The first kappa shape index (κ1) is 18.5. The Bertz CT molecular complexity index is 469. The van der Waals surface area contributed by atoms with Gasteiger partial charge < -0.3 is 25.2 Å². The van der Waals surface area contributed by atoms with Crippen molar-refractivity contribution in [1.82, 2.24) is 10.6 Å². The summed E-state index contributed by atoms with van der Waals surface area (Å²) in [5, 5.41) is 15.2. The second-order valence-corrected chi connectivity index (χ2v) is 5.20. The van der Waals surface area contributed by atoms with E-state index in [0.717, 1.165) is 11.5 Å². The molecular weight excluding hydrogens is 308 g/mol. The van der Waals surface area contributed by atoms with Gasteiger partial charge in [0.25, 0.3) is 0 Å². The zero-order valence-electron chi connectivity index (χ0n) is 12.7. The highest BCUT2D eigenvalue weighted by Gasteiger charge is 2.27. The zero-order chi connectivity index (χ0) is 15.2. The maximum absolute atomic E-state index is 11.9. The normalized spacial score (nSPS) is 21.6. The Hall–Kier alpha value is -1.50. The van der Waals surface area contributed by atoms with Gasteiger partial charge >= 0.3 is 0 Å². The standard InChI is InChI=1S/C15H22N2O4.ClH/c1-10(21-13-5-3-12(20-2)4-6-13)8-17-15(19)14-7-11(18)9-16-14;/h3-6,10-11,14,16,18H,7-9H2,1-2H3,(H,17,19);1H. The van der Waals surface area contributed by atoms with E-state index >= 15 is 0 Å². The molecule has 1 heterocycles. The molecule has 3 unspecified atom stereocenters. The van der Waals surface area contributed by atoms with Crippen LogP contribution < -0.4 is 20.1 Å². The molecule has 0 spiro atoms. The summed E-state index contributed by atoms with van der Waals surface area (Å²) in [6.07, 6.45) is -0.123. The molecule has 1 aliphatic rings. The number of hydrogen-bond acceptors (Lipinski definition) is 5. The van der Waals surface area contributed by atoms with Crippen molar-refractivity contribution in [2.24, 2.45) is 0 Å². The molecular formula is C15H23ClN2O4. The van der Waals surface area contributed by atoms with Crippen LogP contribution in [0, 0.1) is 0 Å². The maximum atomic E-state index is 11.9. The third kappa shape index (κ3) is 5.36. The van der Waals surface area contributed by atoms with Gasteiger partial charge in [-0.2, -0.15) is 0 Å². The maximum Gasteiger partial charge on any atom is 0.237 e. The molecule has 3 N–H and O–H groups in total. The van der Waals surface area contributed by atoms with E-state index in [1.165, 1.54) is 0 Å². The average molecular weight is 331 g/mol. The summed E-state index contributed by atoms with van der Waals surface area (Å²) in [7, 11) is 1.61. The molecule has 0 saturated carbocycles. The molecule has 22 heavy (non-hydrogen) atoms. The Balaban J connectivity index is 0.00000242. The number of nitrogens with one attached hydrogen (secondary N) is 2. The van der Waals surface area contributed by atoms with E-state index in [2.05, 4.69) is 10.6 Å². The molecule has 1 aliphatic heterocycles. The summed E-state index contributed by atoms with van der Waals surface area (Å²) >= 11 is 0. The van der Waals surface area contributed by atoms with Crippen LogP contribution in [-0.2, 0) is 4.79 Å². The minimum Gasteiger partial charge on any atom is -0.497 e. The van der Waals surface area contributed by atoms with Gasteiger partial charge in [-0.3, -0.25) is 4.79 Å². The van der Waals surface area contributed by atoms with Crippen LogP contribution in [0.1, 0.15) is 13.3 Å². The van der Waals surface area contributed by atoms with Gasteiger partial charge in [0.05, 0.1) is 25.8 Å². The number of benzene rings is 1. The third-order valence-electron chi connectivity index (χ3n) is 3.38. The van der Waals surface area contributed by atoms with Crippen molar-refractivity contribution in [1.29, 1.82) is 0 Å². The van der Waals surface area contributed by atoms with Crippen molar-refractivity contribution < 1.29 is 19.4 Å². The van der Waals surface area contributed by atoms with Gasteiger partial charge in [0.1, 0.15) is 17.6 Å². The topological polar surface area (TPSA) is 79.8 Å². The Morgan fingerprint density at radius 1 is 1.41 bits per heavy atom. The first-order valence-electron chi connectivity index (χ1n) is 7.08. The molecule has 1 aromatic carbocycles. The molecule has 124 valence electrons. The number of methoxy groups -OCH3 is 1. The molecule has 6 nitrogen and oxygen atoms in total. The van der Waals surface area contributed by atoms with Crippen LogP contribution in [0.5, 0.6) is 11.5 Å². The van der Waals surface area contributed by atoms with E-state index in [0.29, 0.717) is 19.5 Å². The van der Waals surface area contributed by atoms with E-state index in [-0.39, 0.29) is 30.5 Å². The van der Waals surface area contributed by atoms with Crippen LogP contribution in [0.4, 0.5) is 0 Å². The van der Waals surface area contributed by atoms with E-state index in [4.69, 9.17) is 9.47 Å². The van der Waals surface area contributed by atoms with E-state index < -0.39 is 6.10 Å². The lowest BCUT2D eigenvalue weighted by Crippen LogP contribution is -2.43. The lowest BCUT2D eigenvalue weighted by molar-refractivity contribution is -0.123. The number of halogens is 1. The van der Waals surface area contributed by atoms with Crippen LogP contribution in [-0.4, -0.2) is 49.5 Å². The van der Waals surface area contributed by atoms with Crippen molar-refractivity contribution in [2.45, 2.75) is 31.6 Å². The zero-order valence-corrected chi connectivity index (χ0v) is 13.6. The van der Waals surface area contributed by atoms with Gasteiger partial charge in [-0.1, -0.05) is 0 Å². The minimum absolute atomic E-state index is 0. The van der Waals surface area contributed by atoms with Gasteiger partial charge in [-0.15, -0.1) is 12.4 Å². The fourth-order valence-corrected chi connectivity index (χ4v) is 2.21. The number of rotatable bonds is 6. The summed E-state index contributed by atoms with van der Waals surface area (Å²) < 4.78 is 10.8. The predicted octanol–water partition coefficient (Wildman–Crippen LogP) is 0.723. The van der Waals surface area contributed by atoms with Crippen molar-refractivity contribution in [3.63, 3.8) is 0 Å². The third-order valence-corrected chi connectivity index (χ3v) is 3.38. The quantitative estimate of drug-likeness (QED) is 0.716. The summed E-state index contributed by atoms with van der Waals surface area (Å²) in [6, 6.07) is 6.99. The van der Waals surface area contributed by atoms with E-state index in [9.17, 15) is 9.90 Å². The minimum atomic E-state index is -0.436. The summed E-state index contributed by atoms with van der Waals surface area (Å²) in [5.74, 6) is 1.40. The molecule has 0 aromatic heterocycles. The highest BCUT2D eigenvalue weighted by atomic mass is 35.5. The van der Waals surface area contributed by atoms with Crippen LogP contribution in [0.2, 0.25) is 0 Å². The number of hydrogen-bond donors (Lipinski definition) is 3. The number of carbonyl (C=O) groups is 1. The van der Waals surface area contributed by atoms with Crippen LogP contribution in [0.3, 0.4) is 0 Å². The highest BCUT2D eigenvalue weighted by molar-refractivity contribution is 5.85. The lowest BCUT2D eigenvalue weighted by atomic mass is 10.2. The second-order valence-electron chi connectivity index (χ2n) is 5.20. The van der Waals surface area contributed by atoms with Gasteiger partial charge in [0.2, 0.25) is 5.91 Å². The largest absolute Gasteiger partial charge is 0.497 e. The Labute approximate surface area is 136 Å². The first-order chi connectivity index (χ1) is 10.1. The molecule has 0 radical (unpaired) electrons. The van der Waals surface area contributed by atoms with Gasteiger partial charge in [-0.25, -0.2) is 0 Å². The Kier molecular flexibility index (Phi) is 7.44. The molecule has 1 amide bonds. The first-order valence-corrected chi connectivity index (χ1v) is 7.08. The van der Waals surface area contributed by atoms with E-state index in [1.807, 2.05) is 31.2 Å². The predicted molar refractivity (Wildman–Crippen MR) is 85.8 cm³/mol. The molecule has 2 rings (SSSR count). The van der Waals surface area contributed by atoms with Gasteiger partial charge in [0.15, 0.2) is 0 Å². The summed E-state index contributed by atoms with van der Waals surface area (Å²) in [4.78, 5) is 11.9. The van der Waals surface area contributed by atoms with Crippen molar-refractivity contribution in [3.05, 3.63) is 24.3 Å². The fourth-order valence-electron chi connectivity index (χ4n) is 2.21. The molecule has 7 heteroatoms. The van der Waals surface area contributed by atoms with Crippen molar-refractivity contribution in [2.75, 3.05) is 20.2 Å². The lowest BCUT2D eigenvalue weighted by Gasteiger charge is -2.17. The van der Waals surface area contributed by atoms with E-state index in [1.54, 1.807) is 7.11 Å². The van der Waals surface area contributed by atoms with Crippen LogP contribution in [0.25, 0.3) is 0 Å². The number of ether oxygens (including phenoxy) is 2. The SMILES string of the molecule is COc1ccc(OC(C)CNC(=O)C2CC(O)CN2)cc1.Cl. The summed E-state index contributed by atoms with van der Waals surface area (Å²) in [6.45, 7) is 2.77. The molecule has 0 aliphatic carbocycles. The van der Waals surface area contributed by atoms with Crippen molar-refractivity contribution >= 4 is 18.3 Å². The Morgan fingerprint density at radius 3 is 2.59 bits per heavy atom. The number of aliphatic hydroxyl groups is 1. The van der Waals surface area contributed by atoms with Crippen LogP contribution in [0.15, 0.2) is 24.3 Å². The van der Waals surface area contributed by atoms with Gasteiger partial charge in [0, 0.05) is 6.54 Å². The molecule has 0 bridgehead atoms. The molecule has 1 saturated heterocycles. The fraction of sp³-hybridized carbons (Fsp3) is 0.533. The number of aliphatic hydroxyl groups excluding tert-OH is 1. The Morgan fingerprint density at radius 2 is 2.05 bits per heavy atom. The number of carbonyl (C=O) groups excluding carboxylic acids is 1. The molecule has 1 fully saturated rings. The van der Waals surface area contributed by atoms with Gasteiger partial charge in [-0.05, 0) is 37.6 Å². The average Bonchev–Trinajstić information content (AvgIpc) is 2.92. The van der Waals surface area contributed by atoms with Crippen molar-refractivity contribution in [3.8, 4) is 11.5 Å². The second kappa shape index (κ2) is 8.82. The summed E-state index contributed by atoms with van der Waals surface area (Å²) in [5.41, 5.74) is 0. The number of β-amino-alcohol motifs (C(OH)–C–C–N with tert-alkyl or cyclic N) is 1. The highest BCUT2D eigenvalue weighted by Crippen LogP contribution is 2.18. The smallest absolute Gasteiger partial charge is 0.237 e. The molecule has 1 aromatic rings. The molecule has 3 atom stereocenters.